The van der Waals surface area contributed by atoms with E-state index in [4.69, 9.17) is 0 Å². The standard InChI is InChI=1S/C60H57NS/c1-59(2,3)44-36-43(37-45(39-44)60(4,5)6)47-26-10-13-33-54(47)61(46-25-16-24-42(38-46)49-30-19-32-53-51-28-12-15-35-56(51)62-58(49)53)55-34-14-11-27-50(55)52-31-18-23-41-22-17-29-48(57(41)52)40-20-8-7-9-21-40/h10-19,22-40H,7-9,20-21H2,1-6H3. The van der Waals surface area contributed by atoms with Gasteiger partial charge in [0.15, 0.2) is 0 Å². The van der Waals surface area contributed by atoms with E-state index in [9.17, 15) is 0 Å². The molecular formula is C60H57NS. The maximum Gasteiger partial charge on any atom is 0.0540 e. The van der Waals surface area contributed by atoms with E-state index < -0.39 is 0 Å². The van der Waals surface area contributed by atoms with E-state index in [0.29, 0.717) is 5.92 Å². The monoisotopic (exact) mass is 823 g/mol. The number of para-hydroxylation sites is 2. The molecule has 1 nitrogen and oxygen atoms in total. The van der Waals surface area contributed by atoms with E-state index in [1.165, 1.54) is 119 Å². The van der Waals surface area contributed by atoms with Gasteiger partial charge in [-0.15, -0.1) is 11.3 Å². The first-order chi connectivity index (χ1) is 30.0. The Morgan fingerprint density at radius 3 is 1.79 bits per heavy atom. The molecule has 0 unspecified atom stereocenters. The van der Waals surface area contributed by atoms with Crippen LogP contribution in [0.15, 0.2) is 170 Å². The lowest BCUT2D eigenvalue weighted by Crippen LogP contribution is -2.17. The number of rotatable bonds is 7. The Morgan fingerprint density at radius 1 is 0.468 bits per heavy atom. The van der Waals surface area contributed by atoms with Crippen molar-refractivity contribution in [2.75, 3.05) is 4.90 Å². The van der Waals surface area contributed by atoms with Crippen LogP contribution in [-0.2, 0) is 10.8 Å². The van der Waals surface area contributed by atoms with E-state index in [-0.39, 0.29) is 10.8 Å². The van der Waals surface area contributed by atoms with Crippen LogP contribution in [-0.4, -0.2) is 0 Å². The summed E-state index contributed by atoms with van der Waals surface area (Å²) in [6.45, 7) is 14.0. The second-order valence-corrected chi connectivity index (χ2v) is 20.6. The zero-order valence-electron chi connectivity index (χ0n) is 37.1. The maximum atomic E-state index is 2.56. The van der Waals surface area contributed by atoms with Gasteiger partial charge in [-0.25, -0.2) is 0 Å². The van der Waals surface area contributed by atoms with Crippen molar-refractivity contribution in [3.8, 4) is 33.4 Å². The summed E-state index contributed by atoms with van der Waals surface area (Å²) in [5.41, 5.74) is 15.2. The third-order valence-electron chi connectivity index (χ3n) is 13.4. The maximum absolute atomic E-state index is 2.56. The van der Waals surface area contributed by atoms with Crippen molar-refractivity contribution < 1.29 is 0 Å². The Morgan fingerprint density at radius 2 is 1.05 bits per heavy atom. The Bertz CT molecular complexity index is 3050. The third-order valence-corrected chi connectivity index (χ3v) is 14.6. The number of anilines is 3. The molecule has 1 aromatic heterocycles. The summed E-state index contributed by atoms with van der Waals surface area (Å²) in [4.78, 5) is 2.56. The van der Waals surface area contributed by atoms with Crippen LogP contribution in [0.25, 0.3) is 64.3 Å². The van der Waals surface area contributed by atoms with Gasteiger partial charge in [-0.1, -0.05) is 200 Å². The molecule has 1 fully saturated rings. The minimum atomic E-state index is -0.0103. The molecule has 1 saturated carbocycles. The Hall–Kier alpha value is -5.96. The second-order valence-electron chi connectivity index (χ2n) is 19.6. The molecule has 308 valence electrons. The molecule has 0 atom stereocenters. The van der Waals surface area contributed by atoms with Crippen molar-refractivity contribution in [1.29, 1.82) is 0 Å². The van der Waals surface area contributed by atoms with Gasteiger partial charge in [0.2, 0.25) is 0 Å². The Balaban J connectivity index is 1.24. The number of hydrogen-bond donors (Lipinski definition) is 0. The summed E-state index contributed by atoms with van der Waals surface area (Å²) in [5, 5.41) is 5.36. The molecule has 0 saturated heterocycles. The van der Waals surface area contributed by atoms with Crippen molar-refractivity contribution in [2.24, 2.45) is 0 Å². The first-order valence-electron chi connectivity index (χ1n) is 22.7. The average Bonchev–Trinajstić information content (AvgIpc) is 3.68. The quantitative estimate of drug-likeness (QED) is 0.155. The molecule has 0 N–H and O–H groups in total. The second kappa shape index (κ2) is 16.1. The summed E-state index contributed by atoms with van der Waals surface area (Å²) in [6, 6.07) is 64.5. The summed E-state index contributed by atoms with van der Waals surface area (Å²) in [5.74, 6) is 0.581. The van der Waals surface area contributed by atoms with E-state index in [0.717, 1.165) is 11.4 Å². The smallest absolute Gasteiger partial charge is 0.0540 e. The lowest BCUT2D eigenvalue weighted by atomic mass is 9.78. The number of nitrogens with zero attached hydrogens (tertiary/aromatic N) is 1. The van der Waals surface area contributed by atoms with Crippen LogP contribution in [0.3, 0.4) is 0 Å². The molecule has 1 heterocycles. The molecular weight excluding hydrogens is 767 g/mol. The molecule has 0 amide bonds. The van der Waals surface area contributed by atoms with Crippen molar-refractivity contribution in [1.82, 2.24) is 0 Å². The van der Waals surface area contributed by atoms with Gasteiger partial charge in [-0.2, -0.15) is 0 Å². The van der Waals surface area contributed by atoms with Crippen LogP contribution in [0.5, 0.6) is 0 Å². The van der Waals surface area contributed by atoms with Gasteiger partial charge in [0.25, 0.3) is 0 Å². The molecule has 8 aromatic carbocycles. The SMILES string of the molecule is CC(C)(C)c1cc(-c2ccccc2N(c2cccc(-c3cccc4c3sc3ccccc34)c2)c2ccccc2-c2cccc3cccc(C4CCCCC4)c23)cc(C(C)(C)C)c1. The van der Waals surface area contributed by atoms with Gasteiger partial charge >= 0.3 is 0 Å². The summed E-state index contributed by atoms with van der Waals surface area (Å²) in [7, 11) is 0. The summed E-state index contributed by atoms with van der Waals surface area (Å²) >= 11 is 1.90. The number of hydrogen-bond acceptors (Lipinski definition) is 2. The van der Waals surface area contributed by atoms with Crippen LogP contribution in [0.1, 0.15) is 96.3 Å². The van der Waals surface area contributed by atoms with E-state index >= 15 is 0 Å². The minimum Gasteiger partial charge on any atom is -0.309 e. The first-order valence-corrected chi connectivity index (χ1v) is 23.5. The highest BCUT2D eigenvalue weighted by Crippen LogP contribution is 2.49. The van der Waals surface area contributed by atoms with Crippen LogP contribution < -0.4 is 4.90 Å². The normalized spacial score (nSPS) is 13.9. The fourth-order valence-electron chi connectivity index (χ4n) is 10.0. The van der Waals surface area contributed by atoms with E-state index in [1.54, 1.807) is 0 Å². The van der Waals surface area contributed by atoms with Crippen molar-refractivity contribution >= 4 is 59.3 Å². The van der Waals surface area contributed by atoms with Crippen LogP contribution in [0, 0.1) is 0 Å². The largest absolute Gasteiger partial charge is 0.309 e. The molecule has 10 rings (SSSR count). The molecule has 0 aliphatic heterocycles. The van der Waals surface area contributed by atoms with Gasteiger partial charge in [0.05, 0.1) is 11.4 Å². The molecule has 1 aliphatic carbocycles. The van der Waals surface area contributed by atoms with Gasteiger partial charge in [0, 0.05) is 37.0 Å². The van der Waals surface area contributed by atoms with Gasteiger partial charge in [-0.05, 0) is 110 Å². The molecule has 62 heavy (non-hydrogen) atoms. The molecule has 0 spiro atoms. The van der Waals surface area contributed by atoms with Crippen LogP contribution >= 0.6 is 11.3 Å². The van der Waals surface area contributed by atoms with Crippen LogP contribution in [0.2, 0.25) is 0 Å². The lowest BCUT2D eigenvalue weighted by molar-refractivity contribution is 0.445. The molecule has 0 radical (unpaired) electrons. The number of fused-ring (bicyclic) bond motifs is 4. The fourth-order valence-corrected chi connectivity index (χ4v) is 11.2. The third kappa shape index (κ3) is 7.43. The zero-order valence-corrected chi connectivity index (χ0v) is 38.0. The topological polar surface area (TPSA) is 3.24 Å². The first kappa shape index (κ1) is 40.1. The van der Waals surface area contributed by atoms with Crippen molar-refractivity contribution in [3.63, 3.8) is 0 Å². The molecule has 0 bridgehead atoms. The van der Waals surface area contributed by atoms with Gasteiger partial charge in [0.1, 0.15) is 0 Å². The number of thiophene rings is 1. The fraction of sp³-hybridized carbons (Fsp3) is 0.233. The van der Waals surface area contributed by atoms with Crippen molar-refractivity contribution in [3.05, 3.63) is 187 Å². The highest BCUT2D eigenvalue weighted by Gasteiger charge is 2.26. The Kier molecular flexibility index (Phi) is 10.4. The van der Waals surface area contributed by atoms with Gasteiger partial charge in [-0.3, -0.25) is 0 Å². The lowest BCUT2D eigenvalue weighted by Gasteiger charge is -2.32. The molecule has 1 aliphatic rings. The highest BCUT2D eigenvalue weighted by molar-refractivity contribution is 7.26. The number of benzene rings is 8. The Labute approximate surface area is 372 Å². The van der Waals surface area contributed by atoms with Gasteiger partial charge < -0.3 is 4.90 Å². The molecule has 2 heteroatoms. The summed E-state index contributed by atoms with van der Waals surface area (Å²) < 4.78 is 2.66. The van der Waals surface area contributed by atoms with E-state index in [2.05, 4.69) is 216 Å². The van der Waals surface area contributed by atoms with Crippen molar-refractivity contribution in [2.45, 2.75) is 90.4 Å². The molecule has 9 aromatic rings. The predicted molar refractivity (Wildman–Crippen MR) is 271 cm³/mol. The highest BCUT2D eigenvalue weighted by atomic mass is 32.1. The summed E-state index contributed by atoms with van der Waals surface area (Å²) in [6.07, 6.45) is 6.49. The van der Waals surface area contributed by atoms with Crippen LogP contribution in [0.4, 0.5) is 17.1 Å². The zero-order chi connectivity index (χ0) is 42.6. The average molecular weight is 824 g/mol. The predicted octanol–water partition coefficient (Wildman–Crippen LogP) is 18.3. The van der Waals surface area contributed by atoms with E-state index in [1.807, 2.05) is 11.3 Å². The minimum absolute atomic E-state index is 0.0103.